The minimum absolute atomic E-state index is 0.696. The molecular weight excluding hydrogens is 388 g/mol. The van der Waals surface area contributed by atoms with E-state index in [0.717, 1.165) is 32.5 Å². The van der Waals surface area contributed by atoms with Gasteiger partial charge in [-0.1, -0.05) is 29.8 Å². The van der Waals surface area contributed by atoms with E-state index in [4.69, 9.17) is 19.4 Å². The zero-order valence-electron chi connectivity index (χ0n) is 16.1. The number of benzene rings is 2. The summed E-state index contributed by atoms with van der Waals surface area (Å²) in [6.07, 6.45) is 0. The predicted octanol–water partition coefficient (Wildman–Crippen LogP) is 6.23. The van der Waals surface area contributed by atoms with Crippen LogP contribution in [0.1, 0.15) is 10.4 Å². The van der Waals surface area contributed by atoms with Crippen molar-refractivity contribution >= 4 is 22.7 Å². The zero-order chi connectivity index (χ0) is 19.7. The number of aromatic nitrogens is 2. The van der Waals surface area contributed by atoms with Gasteiger partial charge in [0.15, 0.2) is 21.5 Å². The van der Waals surface area contributed by atoms with Crippen molar-refractivity contribution in [3.63, 3.8) is 0 Å². The van der Waals surface area contributed by atoms with Crippen LogP contribution in [0.5, 0.6) is 11.5 Å². The van der Waals surface area contributed by atoms with Crippen molar-refractivity contribution in [1.82, 2.24) is 9.97 Å². The third kappa shape index (κ3) is 3.53. The van der Waals surface area contributed by atoms with Crippen LogP contribution in [-0.2, 0) is 0 Å². The average Bonchev–Trinajstić information content (AvgIpc) is 3.35. The summed E-state index contributed by atoms with van der Waals surface area (Å²) < 4.78 is 10.7. The Morgan fingerprint density at radius 2 is 1.50 bits per heavy atom. The second-order valence-corrected chi connectivity index (χ2v) is 8.46. The van der Waals surface area contributed by atoms with Crippen molar-refractivity contribution in [2.24, 2.45) is 0 Å². The van der Waals surface area contributed by atoms with Crippen molar-refractivity contribution < 1.29 is 9.47 Å². The van der Waals surface area contributed by atoms with E-state index in [9.17, 15) is 0 Å². The number of hydrogen-bond donors (Lipinski definition) is 0. The Labute approximate surface area is 172 Å². The molecule has 0 bridgehead atoms. The Bertz CT molecular complexity index is 1110. The summed E-state index contributed by atoms with van der Waals surface area (Å²) in [6, 6.07) is 14.3. The molecule has 0 atom stereocenters. The number of thiazole rings is 2. The van der Waals surface area contributed by atoms with Gasteiger partial charge in [0.05, 0.1) is 25.6 Å². The maximum absolute atomic E-state index is 5.41. The van der Waals surface area contributed by atoms with Gasteiger partial charge < -0.3 is 9.47 Å². The highest BCUT2D eigenvalue weighted by atomic mass is 32.1. The highest BCUT2D eigenvalue weighted by Gasteiger charge is 2.15. The van der Waals surface area contributed by atoms with Gasteiger partial charge in [0, 0.05) is 21.4 Å². The van der Waals surface area contributed by atoms with E-state index in [1.165, 1.54) is 10.4 Å². The van der Waals surface area contributed by atoms with E-state index < -0.39 is 0 Å². The van der Waals surface area contributed by atoms with Crippen LogP contribution in [0.15, 0.2) is 47.8 Å². The first-order valence-corrected chi connectivity index (χ1v) is 10.5. The van der Waals surface area contributed by atoms with Gasteiger partial charge in [0.2, 0.25) is 0 Å². The van der Waals surface area contributed by atoms with Gasteiger partial charge in [-0.05, 0) is 32.0 Å². The van der Waals surface area contributed by atoms with Crippen LogP contribution < -0.4 is 9.47 Å². The Hall–Kier alpha value is -2.70. The van der Waals surface area contributed by atoms with Crippen LogP contribution in [0.2, 0.25) is 0 Å². The molecule has 4 nitrogen and oxygen atoms in total. The highest BCUT2D eigenvalue weighted by Crippen LogP contribution is 2.38. The third-order valence-corrected chi connectivity index (χ3v) is 6.44. The molecule has 2 aromatic carbocycles. The highest BCUT2D eigenvalue weighted by molar-refractivity contribution is 7.21. The van der Waals surface area contributed by atoms with Crippen LogP contribution in [-0.4, -0.2) is 24.2 Å². The van der Waals surface area contributed by atoms with Gasteiger partial charge in [-0.25, -0.2) is 9.97 Å². The van der Waals surface area contributed by atoms with Crippen molar-refractivity contribution in [3.05, 3.63) is 58.3 Å². The van der Waals surface area contributed by atoms with Gasteiger partial charge in [-0.2, -0.15) is 0 Å². The normalized spacial score (nSPS) is 10.9. The van der Waals surface area contributed by atoms with Crippen LogP contribution in [0.4, 0.5) is 0 Å². The summed E-state index contributed by atoms with van der Waals surface area (Å²) in [5.41, 5.74) is 5.32. The Kier molecular flexibility index (Phi) is 5.15. The predicted molar refractivity (Wildman–Crippen MR) is 117 cm³/mol. The molecule has 6 heteroatoms. The van der Waals surface area contributed by atoms with E-state index in [0.29, 0.717) is 11.5 Å². The topological polar surface area (TPSA) is 44.2 Å². The fourth-order valence-corrected chi connectivity index (χ4v) is 4.77. The van der Waals surface area contributed by atoms with Gasteiger partial charge in [0.25, 0.3) is 0 Å². The molecule has 2 aromatic heterocycles. The molecular formula is C22H20N2O2S2. The monoisotopic (exact) mass is 408 g/mol. The first-order valence-electron chi connectivity index (χ1n) is 8.82. The van der Waals surface area contributed by atoms with Gasteiger partial charge in [-0.15, -0.1) is 22.7 Å². The first-order chi connectivity index (χ1) is 13.6. The molecule has 0 saturated heterocycles. The lowest BCUT2D eigenvalue weighted by Gasteiger charge is -2.08. The summed E-state index contributed by atoms with van der Waals surface area (Å²) in [6.45, 7) is 4.20. The van der Waals surface area contributed by atoms with E-state index in [-0.39, 0.29) is 0 Å². The van der Waals surface area contributed by atoms with Crippen molar-refractivity contribution in [2.45, 2.75) is 13.8 Å². The summed E-state index contributed by atoms with van der Waals surface area (Å²) >= 11 is 3.29. The molecule has 0 aliphatic carbocycles. The minimum Gasteiger partial charge on any atom is -0.493 e. The first kappa shape index (κ1) is 18.7. The largest absolute Gasteiger partial charge is 0.493 e. The summed E-state index contributed by atoms with van der Waals surface area (Å²) in [4.78, 5) is 10.9. The molecule has 0 aliphatic rings. The molecule has 0 amide bonds. The van der Waals surface area contributed by atoms with Gasteiger partial charge in [-0.3, -0.25) is 0 Å². The Morgan fingerprint density at radius 3 is 2.21 bits per heavy atom. The lowest BCUT2D eigenvalue weighted by atomic mass is 10.1. The zero-order valence-corrected chi connectivity index (χ0v) is 17.8. The van der Waals surface area contributed by atoms with Crippen molar-refractivity contribution in [3.8, 4) is 44.0 Å². The van der Waals surface area contributed by atoms with Crippen LogP contribution in [0, 0.1) is 13.8 Å². The van der Waals surface area contributed by atoms with E-state index in [2.05, 4.69) is 43.5 Å². The maximum Gasteiger partial charge on any atom is 0.161 e. The second kappa shape index (κ2) is 7.73. The number of nitrogens with zero attached hydrogens (tertiary/aromatic N) is 2. The number of rotatable bonds is 5. The molecule has 0 radical (unpaired) electrons. The molecule has 4 rings (SSSR count). The number of hydrogen-bond acceptors (Lipinski definition) is 6. The van der Waals surface area contributed by atoms with E-state index in [1.807, 2.05) is 18.2 Å². The Morgan fingerprint density at radius 1 is 0.786 bits per heavy atom. The van der Waals surface area contributed by atoms with Crippen LogP contribution in [0.25, 0.3) is 32.5 Å². The molecule has 0 fully saturated rings. The fourth-order valence-electron chi connectivity index (χ4n) is 2.97. The lowest BCUT2D eigenvalue weighted by Crippen LogP contribution is -1.90. The second-order valence-electron chi connectivity index (χ2n) is 6.40. The lowest BCUT2D eigenvalue weighted by molar-refractivity contribution is 0.355. The summed E-state index contributed by atoms with van der Waals surface area (Å²) in [7, 11) is 3.27. The number of aryl methyl sites for hydroxylation is 2. The molecule has 0 spiro atoms. The van der Waals surface area contributed by atoms with Crippen molar-refractivity contribution in [1.29, 1.82) is 0 Å². The summed E-state index contributed by atoms with van der Waals surface area (Å²) in [5.74, 6) is 1.40. The molecule has 2 heterocycles. The van der Waals surface area contributed by atoms with Gasteiger partial charge in [0.1, 0.15) is 0 Å². The maximum atomic E-state index is 5.41. The fraction of sp³-hybridized carbons (Fsp3) is 0.182. The Balaban J connectivity index is 1.67. The van der Waals surface area contributed by atoms with Crippen LogP contribution >= 0.6 is 22.7 Å². The van der Waals surface area contributed by atoms with E-state index in [1.54, 1.807) is 36.9 Å². The number of ether oxygens (including phenoxy) is 2. The molecule has 0 N–H and O–H groups in total. The molecule has 142 valence electrons. The average molecular weight is 409 g/mol. The molecule has 0 unspecified atom stereocenters. The van der Waals surface area contributed by atoms with E-state index >= 15 is 0 Å². The standard InChI is InChI=1S/C22H20N2O2S2/c1-13-5-7-15(8-6-13)20-14(2)28-22(24-20)21-23-17(12-27-21)16-9-10-18(25-3)19(11-16)26-4/h5-12H,1-4H3. The smallest absolute Gasteiger partial charge is 0.161 e. The van der Waals surface area contributed by atoms with Gasteiger partial charge >= 0.3 is 0 Å². The molecule has 0 aliphatic heterocycles. The quantitative estimate of drug-likeness (QED) is 0.392. The van der Waals surface area contributed by atoms with Crippen molar-refractivity contribution in [2.75, 3.05) is 14.2 Å². The SMILES string of the molecule is COc1ccc(-c2csc(-c3nc(-c4ccc(C)cc4)c(C)s3)n2)cc1OC. The third-order valence-electron chi connectivity index (χ3n) is 4.49. The number of methoxy groups -OCH3 is 2. The molecule has 28 heavy (non-hydrogen) atoms. The molecule has 4 aromatic rings. The minimum atomic E-state index is 0.696. The van der Waals surface area contributed by atoms with Crippen LogP contribution in [0.3, 0.4) is 0 Å². The summed E-state index contributed by atoms with van der Waals surface area (Å²) in [5, 5.41) is 3.93. The molecule has 0 saturated carbocycles.